The summed E-state index contributed by atoms with van der Waals surface area (Å²) in [5.74, 6) is -1.91. The normalized spacial score (nSPS) is 15.7. The van der Waals surface area contributed by atoms with Gasteiger partial charge in [-0.05, 0) is 48.0 Å². The van der Waals surface area contributed by atoms with Crippen LogP contribution in [0.2, 0.25) is 10.0 Å². The Kier molecular flexibility index (Phi) is 23.7. The number of ether oxygens (including phenoxy) is 6. The predicted octanol–water partition coefficient (Wildman–Crippen LogP) is -0.548. The van der Waals surface area contributed by atoms with Crippen LogP contribution in [0.15, 0.2) is 41.3 Å². The van der Waals surface area contributed by atoms with E-state index in [1.807, 2.05) is 25.2 Å². The van der Waals surface area contributed by atoms with Crippen LogP contribution < -0.4 is 20.1 Å². The second-order valence-corrected chi connectivity index (χ2v) is 17.9. The molecule has 3 atom stereocenters. The molecule has 60 heavy (non-hydrogen) atoms. The number of aliphatic hydroxyl groups is 2. The zero-order valence-corrected chi connectivity index (χ0v) is 36.9. The lowest BCUT2D eigenvalue weighted by atomic mass is 9.85. The lowest BCUT2D eigenvalue weighted by molar-refractivity contribution is -0.146. The van der Waals surface area contributed by atoms with Gasteiger partial charge in [-0.3, -0.25) is 9.59 Å². The molecule has 2 aromatic carbocycles. The van der Waals surface area contributed by atoms with Crippen molar-refractivity contribution in [2.24, 2.45) is 0 Å². The number of nitrogens with zero attached hydrogens (tertiary/aromatic N) is 1. The molecule has 0 spiro atoms. The van der Waals surface area contributed by atoms with Crippen LogP contribution in [-0.2, 0) is 64.6 Å². The molecule has 2 amide bonds. The second-order valence-electron chi connectivity index (χ2n) is 13.5. The average molecular weight is 931 g/mol. The molecule has 1 heterocycles. The first-order valence-electron chi connectivity index (χ1n) is 19.2. The van der Waals surface area contributed by atoms with Gasteiger partial charge < -0.3 is 54.2 Å². The fraction of sp³-hybridized carbons (Fsp3) is 0.622. The number of halogens is 2. The van der Waals surface area contributed by atoms with Crippen molar-refractivity contribution in [2.75, 3.05) is 125 Å². The number of fused-ring (bicyclic) bond motifs is 1. The summed E-state index contributed by atoms with van der Waals surface area (Å²) in [6.45, 7) is 4.14. The Morgan fingerprint density at radius 1 is 0.700 bits per heavy atom. The number of carbonyl (C=O) groups is 2. The second kappa shape index (κ2) is 27.5. The molecule has 6 N–H and O–H groups in total. The fourth-order valence-corrected chi connectivity index (χ4v) is 7.75. The Balaban J connectivity index is 1.14. The summed E-state index contributed by atoms with van der Waals surface area (Å²) in [6, 6.07) is 10.4. The Morgan fingerprint density at radius 2 is 1.13 bits per heavy atom. The van der Waals surface area contributed by atoms with Crippen LogP contribution in [0.25, 0.3) is 0 Å². The number of hydrogen-bond donors (Lipinski definition) is 6. The number of amides is 2. The van der Waals surface area contributed by atoms with Gasteiger partial charge in [-0.1, -0.05) is 35.3 Å². The van der Waals surface area contributed by atoms with Crippen LogP contribution in [0.3, 0.4) is 0 Å². The molecule has 340 valence electrons. The highest BCUT2D eigenvalue weighted by molar-refractivity contribution is 7.89. The molecule has 19 nitrogen and oxygen atoms in total. The van der Waals surface area contributed by atoms with E-state index in [4.69, 9.17) is 51.6 Å². The Hall–Kier alpha value is -2.58. The summed E-state index contributed by atoms with van der Waals surface area (Å²) in [6.07, 6.45) is -2.93. The standard InChI is InChI=1S/C37H57Cl2N5O14S2/c1-44-25-31(30-23-28(38)24-33(39)32(30)26-44)27-3-5-29(6-4-27)60(51,52)43-10-14-56-18-22-58-20-16-54-12-8-41-37(48)35(46)34(45)36(47)40-7-11-53-15-19-57-21-17-55-13-9-42-59(2,49)50/h3-6,23-24,31,34-35,42-43,45-46H,7-22,25-26H2,1-2H3,(H,40,47)(H,41,48)/t31-,34-,35-/m0/s1. The summed E-state index contributed by atoms with van der Waals surface area (Å²) < 4.78 is 84.5. The molecule has 0 unspecified atom stereocenters. The van der Waals surface area contributed by atoms with Gasteiger partial charge in [0.15, 0.2) is 12.2 Å². The van der Waals surface area contributed by atoms with Crippen molar-refractivity contribution in [1.29, 1.82) is 0 Å². The van der Waals surface area contributed by atoms with E-state index in [-0.39, 0.29) is 116 Å². The maximum Gasteiger partial charge on any atom is 0.252 e. The molecule has 3 rings (SSSR count). The molecule has 23 heteroatoms. The minimum atomic E-state index is -3.76. The number of rotatable bonds is 31. The first-order chi connectivity index (χ1) is 28.6. The van der Waals surface area contributed by atoms with Gasteiger partial charge in [0, 0.05) is 55.2 Å². The molecule has 0 aromatic heterocycles. The molecule has 0 saturated carbocycles. The smallest absolute Gasteiger partial charge is 0.252 e. The van der Waals surface area contributed by atoms with Crippen molar-refractivity contribution in [3.8, 4) is 0 Å². The number of hydrogen-bond acceptors (Lipinski definition) is 15. The Morgan fingerprint density at radius 3 is 1.60 bits per heavy atom. The zero-order chi connectivity index (χ0) is 44.0. The van der Waals surface area contributed by atoms with Crippen LogP contribution in [0, 0.1) is 0 Å². The molecule has 1 aliphatic rings. The van der Waals surface area contributed by atoms with E-state index in [1.165, 1.54) is 0 Å². The zero-order valence-electron chi connectivity index (χ0n) is 33.7. The summed E-state index contributed by atoms with van der Waals surface area (Å²) >= 11 is 12.8. The van der Waals surface area contributed by atoms with E-state index in [0.717, 1.165) is 29.5 Å². The number of benzene rings is 2. The van der Waals surface area contributed by atoms with Crippen LogP contribution in [-0.4, -0.2) is 181 Å². The molecular formula is C37H57Cl2N5O14S2. The molecule has 0 saturated heterocycles. The highest BCUT2D eigenvalue weighted by Gasteiger charge is 2.30. The SMILES string of the molecule is CN1Cc2c(Cl)cc(Cl)cc2[C@H](c2ccc(S(=O)(=O)NCCOCCOCCOCCNC(=O)[C@@H](O)[C@H](O)C(=O)NCCOCCOCCOCCNS(C)(=O)=O)cc2)C1. The van der Waals surface area contributed by atoms with Crippen LogP contribution in [0.1, 0.15) is 22.6 Å². The topological polar surface area (TPSA) is 250 Å². The molecule has 0 radical (unpaired) electrons. The number of nitrogens with one attached hydrogen (secondary N) is 4. The lowest BCUT2D eigenvalue weighted by Gasteiger charge is -2.33. The average Bonchev–Trinajstić information content (AvgIpc) is 3.20. The van der Waals surface area contributed by atoms with Crippen LogP contribution >= 0.6 is 23.2 Å². The van der Waals surface area contributed by atoms with Gasteiger partial charge in [0.05, 0.1) is 90.4 Å². The Bertz CT molecular complexity index is 1830. The van der Waals surface area contributed by atoms with Gasteiger partial charge in [0.25, 0.3) is 11.8 Å². The fourth-order valence-electron chi connectivity index (χ4n) is 5.71. The predicted molar refractivity (Wildman–Crippen MR) is 222 cm³/mol. The number of likely N-dealkylation sites (N-methyl/N-ethyl adjacent to an activating group) is 1. The van der Waals surface area contributed by atoms with Gasteiger partial charge in [-0.15, -0.1) is 0 Å². The van der Waals surface area contributed by atoms with E-state index in [2.05, 4.69) is 25.0 Å². The first-order valence-corrected chi connectivity index (χ1v) is 23.3. The van der Waals surface area contributed by atoms with Gasteiger partial charge >= 0.3 is 0 Å². The van der Waals surface area contributed by atoms with Crippen molar-refractivity contribution >= 4 is 55.1 Å². The van der Waals surface area contributed by atoms with Crippen molar-refractivity contribution in [1.82, 2.24) is 25.0 Å². The van der Waals surface area contributed by atoms with Crippen molar-refractivity contribution in [3.05, 3.63) is 63.1 Å². The maximum absolute atomic E-state index is 12.9. The van der Waals surface area contributed by atoms with Crippen molar-refractivity contribution < 1.29 is 65.1 Å². The molecule has 0 bridgehead atoms. The molecule has 0 fully saturated rings. The van der Waals surface area contributed by atoms with Gasteiger partial charge in [0.1, 0.15) is 0 Å². The summed E-state index contributed by atoms with van der Waals surface area (Å²) in [7, 11) is -5.00. The van der Waals surface area contributed by atoms with E-state index in [0.29, 0.717) is 16.6 Å². The Labute approximate surface area is 361 Å². The quantitative estimate of drug-likeness (QED) is 0.0520. The maximum atomic E-state index is 12.9. The summed E-state index contributed by atoms with van der Waals surface area (Å²) in [4.78, 5) is 26.5. The minimum Gasteiger partial charge on any atom is -0.380 e. The lowest BCUT2D eigenvalue weighted by Crippen LogP contribution is -2.50. The van der Waals surface area contributed by atoms with Crippen LogP contribution in [0.5, 0.6) is 0 Å². The monoisotopic (exact) mass is 929 g/mol. The van der Waals surface area contributed by atoms with Crippen molar-refractivity contribution in [3.63, 3.8) is 0 Å². The van der Waals surface area contributed by atoms with E-state index in [9.17, 15) is 36.6 Å². The van der Waals surface area contributed by atoms with E-state index in [1.54, 1.807) is 18.2 Å². The molecular weight excluding hydrogens is 873 g/mol. The highest BCUT2D eigenvalue weighted by Crippen LogP contribution is 2.38. The third-order valence-electron chi connectivity index (χ3n) is 8.65. The third kappa shape index (κ3) is 19.6. The first kappa shape index (κ1) is 51.8. The van der Waals surface area contributed by atoms with Gasteiger partial charge in [0.2, 0.25) is 20.0 Å². The largest absolute Gasteiger partial charge is 0.380 e. The molecule has 2 aromatic rings. The summed E-state index contributed by atoms with van der Waals surface area (Å²) in [5.41, 5.74) is 3.01. The molecule has 0 aliphatic carbocycles. The highest BCUT2D eigenvalue weighted by atomic mass is 35.5. The van der Waals surface area contributed by atoms with E-state index >= 15 is 0 Å². The third-order valence-corrected chi connectivity index (χ3v) is 11.4. The number of carbonyl (C=O) groups excluding carboxylic acids is 2. The summed E-state index contributed by atoms with van der Waals surface area (Å²) in [5, 5.41) is 25.9. The van der Waals surface area contributed by atoms with E-state index < -0.39 is 44.1 Å². The van der Waals surface area contributed by atoms with Crippen molar-refractivity contribution in [2.45, 2.75) is 29.6 Å². The van der Waals surface area contributed by atoms with Gasteiger partial charge in [-0.2, -0.15) is 0 Å². The van der Waals surface area contributed by atoms with Gasteiger partial charge in [-0.25, -0.2) is 26.3 Å². The number of sulfonamides is 2. The minimum absolute atomic E-state index is 0.00706. The molecule has 1 aliphatic heterocycles. The number of aliphatic hydroxyl groups excluding tert-OH is 2. The van der Waals surface area contributed by atoms with Crippen LogP contribution in [0.4, 0.5) is 0 Å².